The van der Waals surface area contributed by atoms with Crippen molar-refractivity contribution in [1.29, 1.82) is 0 Å². The lowest BCUT2D eigenvalue weighted by molar-refractivity contribution is -0.432. The minimum absolute atomic E-state index is 0.134. The van der Waals surface area contributed by atoms with Crippen LogP contribution in [0, 0.1) is 0 Å². The lowest BCUT2D eigenvalue weighted by Crippen LogP contribution is -2.17. The second-order valence-electron chi connectivity index (χ2n) is 10.1. The zero-order chi connectivity index (χ0) is 33.7. The van der Waals surface area contributed by atoms with E-state index in [0.717, 1.165) is 30.3 Å². The minimum atomic E-state index is -5.20. The Kier molecular flexibility index (Phi) is 6.95. The lowest BCUT2D eigenvalue weighted by Gasteiger charge is -2.12. The van der Waals surface area contributed by atoms with Crippen molar-refractivity contribution in [3.8, 4) is 0 Å². The molecule has 0 unspecified atom stereocenters. The summed E-state index contributed by atoms with van der Waals surface area (Å²) in [7, 11) is -9.99. The van der Waals surface area contributed by atoms with Crippen LogP contribution in [0.3, 0.4) is 0 Å². The van der Waals surface area contributed by atoms with Gasteiger partial charge in [-0.1, -0.05) is 16.6 Å². The highest BCUT2D eigenvalue weighted by Gasteiger charge is 2.26. The Hall–Kier alpha value is -4.50. The number of hydrogen-bond donors (Lipinski definition) is 3. The molecule has 0 aliphatic carbocycles. The van der Waals surface area contributed by atoms with Crippen LogP contribution in [0.5, 0.6) is 0 Å². The molecule has 236 valence electrons. The number of fused-ring (bicyclic) bond motifs is 8. The van der Waals surface area contributed by atoms with Crippen LogP contribution in [0.15, 0.2) is 82.4 Å². The molecule has 0 radical (unpaired) electrons. The van der Waals surface area contributed by atoms with E-state index >= 15 is 0 Å². The van der Waals surface area contributed by atoms with E-state index in [4.69, 9.17) is 16.9 Å². The van der Waals surface area contributed by atoms with E-state index in [2.05, 4.69) is 19.3 Å². The molecule has 0 aliphatic heterocycles. The molecule has 6 aromatic carbocycles. The third-order valence-electron chi connectivity index (χ3n) is 7.55. The molecule has 15 nitrogen and oxygen atoms in total. The van der Waals surface area contributed by atoms with Crippen LogP contribution in [0.25, 0.3) is 65.2 Å². The van der Waals surface area contributed by atoms with Gasteiger partial charge in [0.15, 0.2) is 21.7 Å². The number of halogens is 1. The maximum absolute atomic E-state index is 13.9. The first-order valence-electron chi connectivity index (χ1n) is 12.7. The zero-order valence-electron chi connectivity index (χ0n) is 22.5. The van der Waals surface area contributed by atoms with Crippen LogP contribution < -0.4 is 21.7 Å². The molecule has 7 rings (SSSR count). The topological polar surface area (TPSA) is 241 Å². The Morgan fingerprint density at radius 1 is 0.617 bits per heavy atom. The lowest BCUT2D eigenvalue weighted by atomic mass is 9.99. The molecule has 0 saturated heterocycles. The summed E-state index contributed by atoms with van der Waals surface area (Å²) in [6.45, 7) is 0. The molecule has 3 N–H and O–H groups in total. The van der Waals surface area contributed by atoms with Crippen molar-refractivity contribution >= 4 is 109 Å². The third kappa shape index (κ3) is 4.69. The van der Waals surface area contributed by atoms with Gasteiger partial charge in [-0.05, 0) is 48.5 Å². The summed E-state index contributed by atoms with van der Waals surface area (Å²) in [5.41, 5.74) is -5.30. The largest absolute Gasteiger partial charge is 0.296 e. The highest BCUT2D eigenvalue weighted by molar-refractivity contribution is 7.94. The van der Waals surface area contributed by atoms with Gasteiger partial charge in [-0.25, -0.2) is 15.2 Å². The minimum Gasteiger partial charge on any atom is -0.289 e. The second-order valence-corrected chi connectivity index (χ2v) is 14.1. The molecular weight excluding hydrogens is 704 g/mol. The summed E-state index contributed by atoms with van der Waals surface area (Å²) < 4.78 is 72.9. The fourth-order valence-corrected chi connectivity index (χ4v) is 7.38. The quantitative estimate of drug-likeness (QED) is 0.0578. The molecule has 0 amide bonds. The van der Waals surface area contributed by atoms with Crippen LogP contribution in [0.1, 0.15) is 0 Å². The predicted molar refractivity (Wildman–Crippen MR) is 170 cm³/mol. The van der Waals surface area contributed by atoms with Gasteiger partial charge in [0.25, 0.3) is 20.2 Å². The van der Waals surface area contributed by atoms with E-state index in [1.807, 2.05) is 0 Å². The van der Waals surface area contributed by atoms with Crippen molar-refractivity contribution in [2.24, 2.45) is 0 Å². The molecular formula is C28H11ClN2O13S3. The number of benzene rings is 6. The van der Waals surface area contributed by atoms with Gasteiger partial charge in [0.1, 0.15) is 27.0 Å². The molecule has 0 bridgehead atoms. The Morgan fingerprint density at radius 2 is 1.17 bits per heavy atom. The van der Waals surface area contributed by atoms with Crippen LogP contribution in [-0.2, 0) is 29.6 Å². The Balaban J connectivity index is 1.72. The molecule has 0 spiro atoms. The molecule has 19 heteroatoms. The van der Waals surface area contributed by atoms with Gasteiger partial charge in [0.2, 0.25) is 0 Å². The highest BCUT2D eigenvalue weighted by atomic mass is 35.5. The van der Waals surface area contributed by atoms with Crippen LogP contribution in [-0.4, -0.2) is 41.2 Å². The number of aromatic nitrogens is 2. The summed E-state index contributed by atoms with van der Waals surface area (Å²) >= 11 is 7.00. The van der Waals surface area contributed by atoms with Crippen LogP contribution >= 0.6 is 23.6 Å². The van der Waals surface area contributed by atoms with E-state index in [1.54, 1.807) is 0 Å². The SMILES string of the molecule is O=c1c2ccc(S(=O)(=O)O)cc2c(=O)c2c1cc(Cl)c1nc3c(nc12)c(S(=O)(=O)O)cc1c(=O)c2ccc(SOOO)cc2c(=O)c13. The van der Waals surface area contributed by atoms with Gasteiger partial charge < -0.3 is 0 Å². The second kappa shape index (κ2) is 10.5. The maximum Gasteiger partial charge on any atom is 0.296 e. The van der Waals surface area contributed by atoms with E-state index in [9.17, 15) is 45.1 Å². The van der Waals surface area contributed by atoms with Gasteiger partial charge in [-0.2, -0.15) is 16.8 Å². The summed E-state index contributed by atoms with van der Waals surface area (Å²) in [4.78, 5) is 61.9. The van der Waals surface area contributed by atoms with Crippen LogP contribution in [0.4, 0.5) is 0 Å². The van der Waals surface area contributed by atoms with Gasteiger partial charge >= 0.3 is 0 Å². The van der Waals surface area contributed by atoms with Crippen molar-refractivity contribution in [1.82, 2.24) is 9.97 Å². The highest BCUT2D eigenvalue weighted by Crippen LogP contribution is 2.34. The number of hydrogen-bond acceptors (Lipinski definition) is 14. The van der Waals surface area contributed by atoms with E-state index < -0.39 is 89.8 Å². The van der Waals surface area contributed by atoms with E-state index in [1.165, 1.54) is 18.2 Å². The average Bonchev–Trinajstić information content (AvgIpc) is 3.02. The third-order valence-corrected chi connectivity index (χ3v) is 10.1. The van der Waals surface area contributed by atoms with Crippen molar-refractivity contribution in [2.45, 2.75) is 14.7 Å². The monoisotopic (exact) mass is 714 g/mol. The average molecular weight is 715 g/mol. The fourth-order valence-electron chi connectivity index (χ4n) is 5.58. The molecule has 47 heavy (non-hydrogen) atoms. The van der Waals surface area contributed by atoms with Crippen molar-refractivity contribution in [2.75, 3.05) is 0 Å². The summed E-state index contributed by atoms with van der Waals surface area (Å²) in [6.07, 6.45) is 0. The zero-order valence-corrected chi connectivity index (χ0v) is 25.7. The molecule has 0 fully saturated rings. The van der Waals surface area contributed by atoms with Gasteiger partial charge in [0.05, 0.1) is 32.7 Å². The Bertz CT molecular complexity index is 3050. The Labute approximate surface area is 267 Å². The van der Waals surface area contributed by atoms with Gasteiger partial charge in [-0.15, -0.1) is 4.33 Å². The molecule has 1 aromatic heterocycles. The molecule has 0 aliphatic rings. The first-order chi connectivity index (χ1) is 22.1. The molecule has 0 saturated carbocycles. The maximum atomic E-state index is 13.9. The summed E-state index contributed by atoms with van der Waals surface area (Å²) in [6, 6.07) is 8.42. The molecule has 0 atom stereocenters. The van der Waals surface area contributed by atoms with E-state index in [0.29, 0.717) is 12.0 Å². The standard InChI is InChI=1S/C28H11ClN2O13S3/c29-17-7-15-19(28(35)14-6-10(46(37,38)39)2-4-12(14)25(15)32)23-21(17)30-24-20-16(8-18(22(24)31-23)47(40,41)42)26(33)11-3-1-9(45-44-43-36)5-13(11)27(20)34/h1-8,36H,(H,37,38,39)(H,40,41,42). The summed E-state index contributed by atoms with van der Waals surface area (Å²) in [5.74, 6) is 0. The predicted octanol–water partition coefficient (Wildman–Crippen LogP) is 3.29. The molecule has 7 aromatic rings. The fraction of sp³-hybridized carbons (Fsp3) is 0. The van der Waals surface area contributed by atoms with Gasteiger partial charge in [0, 0.05) is 37.2 Å². The first-order valence-corrected chi connectivity index (χ1v) is 16.7. The first kappa shape index (κ1) is 31.1. The number of rotatable bonds is 5. The smallest absolute Gasteiger partial charge is 0.289 e. The van der Waals surface area contributed by atoms with Crippen molar-refractivity contribution in [3.63, 3.8) is 0 Å². The summed E-state index contributed by atoms with van der Waals surface area (Å²) in [5, 5.41) is 9.21. The van der Waals surface area contributed by atoms with Gasteiger partial charge in [-0.3, -0.25) is 28.3 Å². The van der Waals surface area contributed by atoms with Crippen molar-refractivity contribution < 1.29 is 40.6 Å². The normalized spacial score (nSPS) is 12.8. The van der Waals surface area contributed by atoms with E-state index in [-0.39, 0.29) is 37.0 Å². The molecule has 1 heterocycles. The Morgan fingerprint density at radius 3 is 1.77 bits per heavy atom. The van der Waals surface area contributed by atoms with Crippen molar-refractivity contribution in [3.05, 3.63) is 94.4 Å². The number of nitrogens with zero attached hydrogens (tertiary/aromatic N) is 2. The van der Waals surface area contributed by atoms with Crippen LogP contribution in [0.2, 0.25) is 5.02 Å².